The molecule has 100 valence electrons. The summed E-state index contributed by atoms with van der Waals surface area (Å²) in [4.78, 5) is 0. The maximum Gasteiger partial charge on any atom is 0.119 e. The molecule has 0 saturated carbocycles. The van der Waals surface area contributed by atoms with Crippen molar-refractivity contribution in [3.8, 4) is 5.75 Å². The molecule has 1 N–H and O–H groups in total. The molecule has 0 aliphatic heterocycles. The summed E-state index contributed by atoms with van der Waals surface area (Å²) in [5, 5.41) is 3.38. The van der Waals surface area contributed by atoms with E-state index in [1.165, 1.54) is 5.56 Å². The zero-order valence-electron chi connectivity index (χ0n) is 12.0. The number of anilines is 2. The smallest absolute Gasteiger partial charge is 0.119 e. The largest absolute Gasteiger partial charge is 0.497 e. The Morgan fingerprint density at radius 3 is 1.68 bits per heavy atom. The van der Waals surface area contributed by atoms with Crippen LogP contribution in [-0.2, 0) is 5.41 Å². The summed E-state index contributed by atoms with van der Waals surface area (Å²) >= 11 is 0. The van der Waals surface area contributed by atoms with Gasteiger partial charge < -0.3 is 10.1 Å². The Morgan fingerprint density at radius 1 is 0.789 bits per heavy atom. The average Bonchev–Trinajstić information content (AvgIpc) is 2.39. The third-order valence-electron chi connectivity index (χ3n) is 3.13. The molecule has 19 heavy (non-hydrogen) atoms. The van der Waals surface area contributed by atoms with E-state index >= 15 is 0 Å². The Morgan fingerprint density at radius 2 is 1.26 bits per heavy atom. The highest BCUT2D eigenvalue weighted by atomic mass is 16.5. The number of hydrogen-bond acceptors (Lipinski definition) is 2. The summed E-state index contributed by atoms with van der Waals surface area (Å²) < 4.78 is 5.14. The SMILES string of the molecule is COc1ccc(Nc2ccc(C(C)(C)C)cc2)cc1. The van der Waals surface area contributed by atoms with E-state index in [0.717, 1.165) is 17.1 Å². The van der Waals surface area contributed by atoms with Gasteiger partial charge in [0, 0.05) is 11.4 Å². The van der Waals surface area contributed by atoms with Gasteiger partial charge in [-0.1, -0.05) is 32.9 Å². The van der Waals surface area contributed by atoms with Gasteiger partial charge >= 0.3 is 0 Å². The van der Waals surface area contributed by atoms with Gasteiger partial charge in [0.25, 0.3) is 0 Å². The van der Waals surface area contributed by atoms with Gasteiger partial charge in [0.05, 0.1) is 7.11 Å². The molecule has 2 aromatic carbocycles. The second-order valence-corrected chi connectivity index (χ2v) is 5.68. The van der Waals surface area contributed by atoms with Crippen LogP contribution in [0.1, 0.15) is 26.3 Å². The van der Waals surface area contributed by atoms with E-state index in [9.17, 15) is 0 Å². The summed E-state index contributed by atoms with van der Waals surface area (Å²) in [5.74, 6) is 0.869. The van der Waals surface area contributed by atoms with Crippen LogP contribution in [0.25, 0.3) is 0 Å². The Balaban J connectivity index is 2.10. The molecule has 0 amide bonds. The number of methoxy groups -OCH3 is 1. The predicted molar refractivity (Wildman–Crippen MR) is 81.4 cm³/mol. The quantitative estimate of drug-likeness (QED) is 0.855. The zero-order chi connectivity index (χ0) is 13.9. The van der Waals surface area contributed by atoms with E-state index in [1.54, 1.807) is 7.11 Å². The molecule has 2 nitrogen and oxygen atoms in total. The highest BCUT2D eigenvalue weighted by Gasteiger charge is 2.12. The molecule has 2 heteroatoms. The lowest BCUT2D eigenvalue weighted by molar-refractivity contribution is 0.415. The van der Waals surface area contributed by atoms with Gasteiger partial charge in [-0.05, 0) is 47.4 Å². The van der Waals surface area contributed by atoms with Gasteiger partial charge in [0.2, 0.25) is 0 Å². The molecular formula is C17H21NO. The monoisotopic (exact) mass is 255 g/mol. The van der Waals surface area contributed by atoms with E-state index in [-0.39, 0.29) is 5.41 Å². The second kappa shape index (κ2) is 5.35. The van der Waals surface area contributed by atoms with E-state index in [0.29, 0.717) is 0 Å². The van der Waals surface area contributed by atoms with Crippen molar-refractivity contribution in [1.82, 2.24) is 0 Å². The minimum Gasteiger partial charge on any atom is -0.497 e. The van der Waals surface area contributed by atoms with Gasteiger partial charge in [-0.3, -0.25) is 0 Å². The topological polar surface area (TPSA) is 21.3 Å². The highest BCUT2D eigenvalue weighted by molar-refractivity contribution is 5.60. The minimum atomic E-state index is 0.193. The summed E-state index contributed by atoms with van der Waals surface area (Å²) in [6, 6.07) is 16.5. The van der Waals surface area contributed by atoms with E-state index in [1.807, 2.05) is 24.3 Å². The van der Waals surface area contributed by atoms with E-state index < -0.39 is 0 Å². The van der Waals surface area contributed by atoms with Crippen molar-refractivity contribution in [2.45, 2.75) is 26.2 Å². The number of ether oxygens (including phenoxy) is 1. The lowest BCUT2D eigenvalue weighted by Gasteiger charge is -2.19. The molecule has 0 heterocycles. The Kier molecular flexibility index (Phi) is 3.79. The maximum atomic E-state index is 5.14. The third-order valence-corrected chi connectivity index (χ3v) is 3.13. The molecule has 0 atom stereocenters. The van der Waals surface area contributed by atoms with Crippen LogP contribution in [0.3, 0.4) is 0 Å². The van der Waals surface area contributed by atoms with Crippen LogP contribution in [-0.4, -0.2) is 7.11 Å². The minimum absolute atomic E-state index is 0.193. The lowest BCUT2D eigenvalue weighted by atomic mass is 9.87. The fraction of sp³-hybridized carbons (Fsp3) is 0.294. The molecule has 0 aromatic heterocycles. The van der Waals surface area contributed by atoms with Gasteiger partial charge in [-0.25, -0.2) is 0 Å². The van der Waals surface area contributed by atoms with Crippen molar-refractivity contribution in [1.29, 1.82) is 0 Å². The van der Waals surface area contributed by atoms with Crippen molar-refractivity contribution >= 4 is 11.4 Å². The molecule has 0 unspecified atom stereocenters. The van der Waals surface area contributed by atoms with Gasteiger partial charge in [0.15, 0.2) is 0 Å². The molecule has 0 fully saturated rings. The maximum absolute atomic E-state index is 5.14. The number of rotatable bonds is 3. The molecule has 0 saturated heterocycles. The number of nitrogens with one attached hydrogen (secondary N) is 1. The Labute approximate surface area is 115 Å². The van der Waals surface area contributed by atoms with Crippen LogP contribution in [0.15, 0.2) is 48.5 Å². The van der Waals surface area contributed by atoms with Crippen molar-refractivity contribution in [3.05, 3.63) is 54.1 Å². The van der Waals surface area contributed by atoms with Crippen molar-refractivity contribution in [2.24, 2.45) is 0 Å². The fourth-order valence-corrected chi connectivity index (χ4v) is 1.89. The summed E-state index contributed by atoms with van der Waals surface area (Å²) in [6.45, 7) is 6.66. The van der Waals surface area contributed by atoms with E-state index in [2.05, 4.69) is 50.4 Å². The van der Waals surface area contributed by atoms with Crippen molar-refractivity contribution < 1.29 is 4.74 Å². The molecule has 0 aliphatic rings. The number of hydrogen-bond donors (Lipinski definition) is 1. The van der Waals surface area contributed by atoms with Gasteiger partial charge in [-0.2, -0.15) is 0 Å². The van der Waals surface area contributed by atoms with Crippen molar-refractivity contribution in [2.75, 3.05) is 12.4 Å². The third kappa shape index (κ3) is 3.50. The highest BCUT2D eigenvalue weighted by Crippen LogP contribution is 2.25. The van der Waals surface area contributed by atoms with E-state index in [4.69, 9.17) is 4.74 Å². The van der Waals surface area contributed by atoms with Crippen LogP contribution < -0.4 is 10.1 Å². The Bertz CT molecular complexity index is 521. The molecule has 0 spiro atoms. The van der Waals surface area contributed by atoms with Crippen LogP contribution in [0, 0.1) is 0 Å². The molecule has 2 aromatic rings. The zero-order valence-corrected chi connectivity index (χ0v) is 12.0. The van der Waals surface area contributed by atoms with Crippen LogP contribution in [0.4, 0.5) is 11.4 Å². The number of benzene rings is 2. The van der Waals surface area contributed by atoms with Gasteiger partial charge in [-0.15, -0.1) is 0 Å². The summed E-state index contributed by atoms with van der Waals surface area (Å²) in [5.41, 5.74) is 3.69. The molecule has 0 bridgehead atoms. The standard InChI is InChI=1S/C17H21NO/c1-17(2,3)13-5-7-14(8-6-13)18-15-9-11-16(19-4)12-10-15/h5-12,18H,1-4H3. The molecular weight excluding hydrogens is 234 g/mol. The lowest BCUT2D eigenvalue weighted by Crippen LogP contribution is -2.10. The molecule has 2 rings (SSSR count). The summed E-state index contributed by atoms with van der Waals surface area (Å²) in [6.07, 6.45) is 0. The molecule has 0 radical (unpaired) electrons. The first-order valence-electron chi connectivity index (χ1n) is 6.51. The normalized spacial score (nSPS) is 11.2. The first kappa shape index (κ1) is 13.5. The average molecular weight is 255 g/mol. The van der Waals surface area contributed by atoms with Crippen LogP contribution in [0.5, 0.6) is 5.75 Å². The Hall–Kier alpha value is -1.96. The fourth-order valence-electron chi connectivity index (χ4n) is 1.89. The first-order valence-corrected chi connectivity index (χ1v) is 6.51. The van der Waals surface area contributed by atoms with Crippen LogP contribution >= 0.6 is 0 Å². The van der Waals surface area contributed by atoms with Gasteiger partial charge in [0.1, 0.15) is 5.75 Å². The predicted octanol–water partition coefficient (Wildman–Crippen LogP) is 4.74. The molecule has 0 aliphatic carbocycles. The van der Waals surface area contributed by atoms with Crippen LogP contribution in [0.2, 0.25) is 0 Å². The second-order valence-electron chi connectivity index (χ2n) is 5.68. The van der Waals surface area contributed by atoms with Crippen molar-refractivity contribution in [3.63, 3.8) is 0 Å². The summed E-state index contributed by atoms with van der Waals surface area (Å²) in [7, 11) is 1.67. The first-order chi connectivity index (χ1) is 8.99.